The summed E-state index contributed by atoms with van der Waals surface area (Å²) in [5.41, 5.74) is 6.82. The summed E-state index contributed by atoms with van der Waals surface area (Å²) in [7, 11) is 0. The first-order valence-electron chi connectivity index (χ1n) is 7.93. The molecule has 0 aromatic rings. The second-order valence-corrected chi connectivity index (χ2v) is 7.77. The zero-order valence-electron chi connectivity index (χ0n) is 13.9. The van der Waals surface area contributed by atoms with Crippen molar-refractivity contribution in [2.75, 3.05) is 6.54 Å². The van der Waals surface area contributed by atoms with Crippen LogP contribution in [0.5, 0.6) is 0 Å². The highest BCUT2D eigenvalue weighted by Crippen LogP contribution is 2.28. The lowest BCUT2D eigenvalue weighted by Crippen LogP contribution is -2.61. The maximum atomic E-state index is 6.37. The Balaban J connectivity index is 2.45. The fourth-order valence-electron chi connectivity index (χ4n) is 3.60. The number of nitrogens with two attached hydrogens (primary N) is 1. The van der Waals surface area contributed by atoms with Crippen molar-refractivity contribution >= 4 is 0 Å². The molecule has 0 saturated carbocycles. The minimum absolute atomic E-state index is 0.0188. The van der Waals surface area contributed by atoms with Crippen molar-refractivity contribution in [3.05, 3.63) is 0 Å². The number of nitrogens with one attached hydrogen (secondary N) is 2. The molecule has 1 heterocycles. The van der Waals surface area contributed by atoms with E-state index in [0.717, 1.165) is 25.8 Å². The Morgan fingerprint density at radius 1 is 1.11 bits per heavy atom. The van der Waals surface area contributed by atoms with Gasteiger partial charge in [-0.05, 0) is 66.3 Å². The molecule has 1 rings (SSSR count). The van der Waals surface area contributed by atoms with E-state index < -0.39 is 0 Å². The SMILES string of the molecule is CCC(N)(CC)CCNC1CC(C)(C)NC(C)(C)C1. The van der Waals surface area contributed by atoms with Crippen LogP contribution >= 0.6 is 0 Å². The van der Waals surface area contributed by atoms with Gasteiger partial charge in [-0.2, -0.15) is 0 Å². The molecule has 0 amide bonds. The van der Waals surface area contributed by atoms with Crippen LogP contribution in [0.3, 0.4) is 0 Å². The van der Waals surface area contributed by atoms with Crippen LogP contribution in [0.25, 0.3) is 0 Å². The summed E-state index contributed by atoms with van der Waals surface area (Å²) in [6.45, 7) is 14.6. The van der Waals surface area contributed by atoms with Gasteiger partial charge in [-0.1, -0.05) is 13.8 Å². The van der Waals surface area contributed by atoms with Gasteiger partial charge in [0.25, 0.3) is 0 Å². The predicted octanol–water partition coefficient (Wildman–Crippen LogP) is 2.79. The number of rotatable bonds is 6. The molecule has 0 aromatic carbocycles. The topological polar surface area (TPSA) is 50.1 Å². The summed E-state index contributed by atoms with van der Waals surface area (Å²) in [5, 5.41) is 7.46. The van der Waals surface area contributed by atoms with E-state index in [-0.39, 0.29) is 16.6 Å². The van der Waals surface area contributed by atoms with Crippen molar-refractivity contribution in [2.45, 2.75) is 96.3 Å². The van der Waals surface area contributed by atoms with Gasteiger partial charge in [-0.25, -0.2) is 0 Å². The molecule has 0 aliphatic carbocycles. The normalized spacial score (nSPS) is 23.5. The van der Waals surface area contributed by atoms with Gasteiger partial charge in [-0.15, -0.1) is 0 Å². The lowest BCUT2D eigenvalue weighted by atomic mass is 9.79. The Morgan fingerprint density at radius 3 is 2.00 bits per heavy atom. The molecule has 0 aromatic heterocycles. The first kappa shape index (κ1) is 16.9. The van der Waals surface area contributed by atoms with E-state index in [1.165, 1.54) is 12.8 Å². The highest BCUT2D eigenvalue weighted by Gasteiger charge is 2.37. The Morgan fingerprint density at radius 2 is 1.58 bits per heavy atom. The summed E-state index contributed by atoms with van der Waals surface area (Å²) in [4.78, 5) is 0. The number of hydrogen-bond acceptors (Lipinski definition) is 3. The van der Waals surface area contributed by atoms with Crippen LogP contribution in [0.1, 0.15) is 73.6 Å². The Bertz CT molecular complexity index is 264. The first-order chi connectivity index (χ1) is 8.61. The number of piperidine rings is 1. The highest BCUT2D eigenvalue weighted by atomic mass is 15.1. The van der Waals surface area contributed by atoms with Crippen LogP contribution in [0.4, 0.5) is 0 Å². The van der Waals surface area contributed by atoms with Crippen molar-refractivity contribution in [3.63, 3.8) is 0 Å². The molecule has 0 bridgehead atoms. The molecule has 4 N–H and O–H groups in total. The Kier molecular flexibility index (Phi) is 5.44. The molecule has 0 unspecified atom stereocenters. The molecule has 19 heavy (non-hydrogen) atoms. The quantitative estimate of drug-likeness (QED) is 0.695. The van der Waals surface area contributed by atoms with E-state index in [9.17, 15) is 0 Å². The largest absolute Gasteiger partial charge is 0.325 e. The second kappa shape index (κ2) is 6.11. The van der Waals surface area contributed by atoms with Gasteiger partial charge < -0.3 is 16.4 Å². The maximum absolute atomic E-state index is 6.37. The van der Waals surface area contributed by atoms with Crippen LogP contribution in [-0.2, 0) is 0 Å². The Hall–Kier alpha value is -0.120. The predicted molar refractivity (Wildman–Crippen MR) is 84.4 cm³/mol. The smallest absolute Gasteiger partial charge is 0.0161 e. The summed E-state index contributed by atoms with van der Waals surface area (Å²) >= 11 is 0. The van der Waals surface area contributed by atoms with Crippen LogP contribution in [0.15, 0.2) is 0 Å². The first-order valence-corrected chi connectivity index (χ1v) is 7.93. The van der Waals surface area contributed by atoms with Crippen molar-refractivity contribution in [1.29, 1.82) is 0 Å². The van der Waals surface area contributed by atoms with Crippen LogP contribution in [0, 0.1) is 0 Å². The lowest BCUT2D eigenvalue weighted by Gasteiger charge is -2.47. The fraction of sp³-hybridized carbons (Fsp3) is 1.00. The van der Waals surface area contributed by atoms with Crippen molar-refractivity contribution in [3.8, 4) is 0 Å². The van der Waals surface area contributed by atoms with E-state index in [1.807, 2.05) is 0 Å². The van der Waals surface area contributed by atoms with Crippen molar-refractivity contribution < 1.29 is 0 Å². The fourth-order valence-corrected chi connectivity index (χ4v) is 3.60. The van der Waals surface area contributed by atoms with E-state index in [4.69, 9.17) is 5.73 Å². The summed E-state index contributed by atoms with van der Waals surface area (Å²) in [5.74, 6) is 0. The molecule has 114 valence electrons. The Labute approximate surface area is 120 Å². The lowest BCUT2D eigenvalue weighted by molar-refractivity contribution is 0.144. The van der Waals surface area contributed by atoms with E-state index in [2.05, 4.69) is 52.2 Å². The monoisotopic (exact) mass is 269 g/mol. The molecule has 3 heteroatoms. The molecule has 1 saturated heterocycles. The zero-order valence-corrected chi connectivity index (χ0v) is 13.9. The van der Waals surface area contributed by atoms with Gasteiger partial charge in [0.05, 0.1) is 0 Å². The van der Waals surface area contributed by atoms with Gasteiger partial charge in [0.15, 0.2) is 0 Å². The second-order valence-electron chi connectivity index (χ2n) is 7.77. The average molecular weight is 269 g/mol. The minimum Gasteiger partial charge on any atom is -0.325 e. The molecule has 0 atom stereocenters. The van der Waals surface area contributed by atoms with Gasteiger partial charge in [-0.3, -0.25) is 0 Å². The van der Waals surface area contributed by atoms with Crippen molar-refractivity contribution in [2.24, 2.45) is 5.73 Å². The molecule has 1 aliphatic rings. The average Bonchev–Trinajstić information content (AvgIpc) is 2.24. The van der Waals surface area contributed by atoms with Gasteiger partial charge in [0.1, 0.15) is 0 Å². The molecule has 3 nitrogen and oxygen atoms in total. The maximum Gasteiger partial charge on any atom is 0.0161 e. The van der Waals surface area contributed by atoms with Gasteiger partial charge in [0.2, 0.25) is 0 Å². The van der Waals surface area contributed by atoms with Gasteiger partial charge >= 0.3 is 0 Å². The third-order valence-electron chi connectivity index (χ3n) is 4.65. The standard InChI is InChI=1S/C16H35N3/c1-7-16(17,8-2)9-10-18-13-11-14(3,4)19-15(5,6)12-13/h13,18-19H,7-12,17H2,1-6H3. The molecule has 0 radical (unpaired) electrons. The van der Waals surface area contributed by atoms with E-state index in [0.29, 0.717) is 6.04 Å². The number of hydrogen-bond donors (Lipinski definition) is 3. The van der Waals surface area contributed by atoms with E-state index >= 15 is 0 Å². The summed E-state index contributed by atoms with van der Waals surface area (Å²) in [6.07, 6.45) is 5.58. The summed E-state index contributed by atoms with van der Waals surface area (Å²) < 4.78 is 0. The van der Waals surface area contributed by atoms with Crippen molar-refractivity contribution in [1.82, 2.24) is 10.6 Å². The third-order valence-corrected chi connectivity index (χ3v) is 4.65. The van der Waals surface area contributed by atoms with Crippen LogP contribution in [0.2, 0.25) is 0 Å². The molecule has 0 spiro atoms. The molecule has 1 fully saturated rings. The summed E-state index contributed by atoms with van der Waals surface area (Å²) in [6, 6.07) is 0.601. The third kappa shape index (κ3) is 5.41. The van der Waals surface area contributed by atoms with Gasteiger partial charge in [0, 0.05) is 22.7 Å². The van der Waals surface area contributed by atoms with Crippen LogP contribution in [-0.4, -0.2) is 29.2 Å². The molecule has 1 aliphatic heterocycles. The zero-order chi connectivity index (χ0) is 14.7. The van der Waals surface area contributed by atoms with Crippen LogP contribution < -0.4 is 16.4 Å². The van der Waals surface area contributed by atoms with E-state index in [1.54, 1.807) is 0 Å². The molecular formula is C16H35N3. The minimum atomic E-state index is 0.0188. The molecular weight excluding hydrogens is 234 g/mol. The highest BCUT2D eigenvalue weighted by molar-refractivity contribution is 4.99.